The second-order valence-corrected chi connectivity index (χ2v) is 46.8. The van der Waals surface area contributed by atoms with Crippen LogP contribution in [-0.2, 0) is 9.53 Å². The summed E-state index contributed by atoms with van der Waals surface area (Å²) in [5.41, 5.74) is 14.3. The lowest BCUT2D eigenvalue weighted by Gasteiger charge is -2.73. The number of nitrogens with one attached hydrogen (secondary N) is 2. The summed E-state index contributed by atoms with van der Waals surface area (Å²) in [7, 11) is 0. The number of nitrogens with two attached hydrogens (primary N) is 1. The molecule has 11 nitrogen and oxygen atoms in total. The molecule has 3 unspecified atom stereocenters. The molecule has 10 N–H and O–H groups in total. The highest BCUT2D eigenvalue weighted by atomic mass is 16.5. The largest absolute Gasteiger partial charge is 0.512 e. The summed E-state index contributed by atoms with van der Waals surface area (Å²) < 4.78 is 5.44. The monoisotopic (exact) mass is 1580 g/mol. The van der Waals surface area contributed by atoms with E-state index >= 15 is 0 Å². The fraction of sp³-hybridized carbons (Fsp3) is 0.874. The number of ether oxygens (including phenoxy) is 1. The predicted molar refractivity (Wildman–Crippen MR) is 468 cm³/mol. The lowest BCUT2D eigenvalue weighted by molar-refractivity contribution is -0.252. The van der Waals surface area contributed by atoms with Crippen molar-refractivity contribution in [2.45, 2.75) is 342 Å². The molecule has 15 aliphatic carbocycles. The number of esters is 1. The normalized spacial score (nSPS) is 51.7. The zero-order valence-electron chi connectivity index (χ0n) is 76.0. The number of rotatable bonds is 19. The van der Waals surface area contributed by atoms with E-state index in [0.29, 0.717) is 105 Å². The molecule has 11 heteroatoms. The molecule has 0 radical (unpaired) electrons. The molecular weight excluding hydrogens is 1410 g/mol. The Morgan fingerprint density at radius 3 is 1.14 bits per heavy atom. The van der Waals surface area contributed by atoms with E-state index in [0.717, 1.165) is 114 Å². The van der Waals surface area contributed by atoms with Gasteiger partial charge in [0.1, 0.15) is 6.61 Å². The first kappa shape index (κ1) is 88.8. The molecule has 114 heavy (non-hydrogen) atoms. The van der Waals surface area contributed by atoms with Crippen molar-refractivity contribution in [3.8, 4) is 0 Å². The highest BCUT2D eigenvalue weighted by molar-refractivity contribution is 5.66. The minimum Gasteiger partial charge on any atom is -0.512 e. The van der Waals surface area contributed by atoms with E-state index in [9.17, 15) is 35.4 Å². The molecule has 0 aliphatic heterocycles. The Labute approximate surface area is 695 Å². The van der Waals surface area contributed by atoms with E-state index in [2.05, 4.69) is 154 Å². The van der Waals surface area contributed by atoms with Gasteiger partial charge in [0.15, 0.2) is 0 Å². The Balaban J connectivity index is 0.000000149. The van der Waals surface area contributed by atoms with Gasteiger partial charge >= 0.3 is 5.97 Å². The van der Waals surface area contributed by atoms with Crippen LogP contribution in [-0.4, -0.2) is 94.9 Å². The molecule has 33 atom stereocenters. The number of aliphatic hydroxyl groups is 6. The average molecular weight is 1580 g/mol. The van der Waals surface area contributed by atoms with Gasteiger partial charge in [-0.1, -0.05) is 154 Å². The molecule has 15 aliphatic rings. The van der Waals surface area contributed by atoms with Crippen molar-refractivity contribution in [2.75, 3.05) is 46.1 Å². The number of hydrogen-bond acceptors (Lipinski definition) is 11. The van der Waals surface area contributed by atoms with Crippen LogP contribution in [0, 0.1) is 176 Å². The van der Waals surface area contributed by atoms with Gasteiger partial charge in [-0.2, -0.15) is 0 Å². The third kappa shape index (κ3) is 12.6. The first-order chi connectivity index (χ1) is 53.4. The number of carbonyl (C=O) groups is 1. The molecule has 0 heterocycles. The van der Waals surface area contributed by atoms with Crippen LogP contribution in [0.3, 0.4) is 0 Å². The Hall–Kier alpha value is -2.93. The van der Waals surface area contributed by atoms with Gasteiger partial charge in [-0.15, -0.1) is 0 Å². The summed E-state index contributed by atoms with van der Waals surface area (Å²) in [4.78, 5) is 11.6. The van der Waals surface area contributed by atoms with E-state index < -0.39 is 6.10 Å². The summed E-state index contributed by atoms with van der Waals surface area (Å²) in [6.45, 7) is 72.0. The molecule has 0 aromatic rings. The average Bonchev–Trinajstić information content (AvgIpc) is 1.12. The van der Waals surface area contributed by atoms with Gasteiger partial charge < -0.3 is 51.7 Å². The number of hydrogen-bond donors (Lipinski definition) is 9. The smallest absolute Gasteiger partial charge is 0.302 e. The molecule has 0 bridgehead atoms. The van der Waals surface area contributed by atoms with Crippen molar-refractivity contribution in [3.05, 3.63) is 73.3 Å². The predicted octanol–water partition coefficient (Wildman–Crippen LogP) is 22.2. The Bertz CT molecular complexity index is 3470. The molecule has 15 rings (SSSR count). The molecule has 0 amide bonds. The topological polar surface area (TPSA) is 198 Å². The summed E-state index contributed by atoms with van der Waals surface area (Å²) in [5, 5.41) is 71.0. The highest BCUT2D eigenvalue weighted by Gasteiger charge is 2.76. The second-order valence-electron chi connectivity index (χ2n) is 46.8. The van der Waals surface area contributed by atoms with Crippen molar-refractivity contribution in [1.82, 2.24) is 10.6 Å². The summed E-state index contributed by atoms with van der Waals surface area (Å²) in [5.74, 6) is 9.51. The maximum absolute atomic E-state index is 11.6. The SMILES string of the molecule is C=C(C)[C@@H]1CC[C@]2(C(=C)NCCCN)CC[C@]3(C)C(CC[C@@H]4[C@@]5(C)CC[C@H](O)[C@@](C)(CO)[C@@H]5CC[C@]43C)[C@@H]12.C=C(C)[C@@H]1CC[C@]2(C(=C)NCCCO)CC[C@]3(C)C(CC[C@@H]4[C@@]5(C)CC[C@H](O)[C@@](C)(CO)[C@@H]5CC[C@]43C)[C@@H]12.C=C(COC(C)=O)[C@@H]1CC[C@]2(C(=C)O)CC[C@]3(C)C(CC[C@@H]4[C@@]5(C)CC[C@H](C)[C@@](C)(CC)[C@@H]5CC[C@]43C)[C@@H]12. The lowest BCUT2D eigenvalue weighted by atomic mass is 9.31. The van der Waals surface area contributed by atoms with Gasteiger partial charge in [0.05, 0.1) is 31.2 Å². The molecule has 0 spiro atoms. The van der Waals surface area contributed by atoms with Crippen LogP contribution in [0.5, 0.6) is 0 Å². The highest BCUT2D eigenvalue weighted by Crippen LogP contribution is 2.83. The summed E-state index contributed by atoms with van der Waals surface area (Å²) >= 11 is 0. The van der Waals surface area contributed by atoms with E-state index in [1.165, 1.54) is 171 Å². The molecule has 646 valence electrons. The van der Waals surface area contributed by atoms with E-state index in [1.54, 1.807) is 0 Å². The zero-order chi connectivity index (χ0) is 83.3. The molecule has 0 aromatic carbocycles. The first-order valence-electron chi connectivity index (χ1n) is 47.7. The Morgan fingerprint density at radius 1 is 0.421 bits per heavy atom. The van der Waals surface area contributed by atoms with Crippen LogP contribution in [0.25, 0.3) is 0 Å². The van der Waals surface area contributed by atoms with Gasteiger partial charge in [-0.25, -0.2) is 0 Å². The molecule has 0 saturated heterocycles. The zero-order valence-corrected chi connectivity index (χ0v) is 76.0. The molecule has 15 saturated carbocycles. The van der Waals surface area contributed by atoms with Crippen LogP contribution in [0.15, 0.2) is 73.3 Å². The van der Waals surface area contributed by atoms with E-state index in [-0.39, 0.29) is 97.4 Å². The van der Waals surface area contributed by atoms with Crippen LogP contribution < -0.4 is 16.4 Å². The van der Waals surface area contributed by atoms with E-state index in [4.69, 9.17) is 17.0 Å². The van der Waals surface area contributed by atoms with E-state index in [1.807, 2.05) is 0 Å². The third-order valence-electron chi connectivity index (χ3n) is 44.0. The molecular formula is C103H171N3O8. The second kappa shape index (κ2) is 31.1. The van der Waals surface area contributed by atoms with Crippen molar-refractivity contribution in [2.24, 2.45) is 182 Å². The Kier molecular flexibility index (Phi) is 24.3. The van der Waals surface area contributed by atoms with Gasteiger partial charge in [-0.05, 0) is 380 Å². The van der Waals surface area contributed by atoms with Crippen LogP contribution in [0.1, 0.15) is 330 Å². The van der Waals surface area contributed by atoms with Crippen molar-refractivity contribution in [3.63, 3.8) is 0 Å². The van der Waals surface area contributed by atoms with Gasteiger partial charge in [-0.3, -0.25) is 4.79 Å². The van der Waals surface area contributed by atoms with Crippen molar-refractivity contribution >= 4 is 5.97 Å². The quantitative estimate of drug-likeness (QED) is 0.0258. The number of carbonyl (C=O) groups excluding carboxylic acids is 1. The maximum Gasteiger partial charge on any atom is 0.302 e. The van der Waals surface area contributed by atoms with Crippen molar-refractivity contribution in [1.29, 1.82) is 0 Å². The fourth-order valence-corrected chi connectivity index (χ4v) is 36.8. The number of allylic oxidation sites excluding steroid dienone is 5. The summed E-state index contributed by atoms with van der Waals surface area (Å²) in [6, 6.07) is 0. The fourth-order valence-electron chi connectivity index (χ4n) is 36.8. The number of aliphatic hydroxyl groups excluding tert-OH is 6. The van der Waals surface area contributed by atoms with Crippen LogP contribution >= 0.6 is 0 Å². The maximum atomic E-state index is 11.6. The Morgan fingerprint density at radius 2 is 0.781 bits per heavy atom. The minimum absolute atomic E-state index is 0.0913. The summed E-state index contributed by atoms with van der Waals surface area (Å²) in [6.07, 6.45) is 38.0. The standard InChI is InChI=1S/C35H56O3.C34H58N2O2.C34H57NO3/c1-10-31(6)23(3)13-16-32(7)28(31)15-17-34(9)29(32)12-11-27-30-26(22(2)21-38-25(5)37)14-18-35(30,24(4)36)20-19-33(27,34)8;1-22(2)24-11-16-34(23(3)36-20-8-19-35)18-17-32(6)25(29(24)34)9-10-27-30(4)14-13-28(38)31(5,21-37)26(30)12-15-33(27,32)7;1-22(2)24-11-16-34(23(3)35-19-8-20-36)18-17-32(6)25(29(24)34)9-10-27-30(4)14-13-28(38)31(5,21-37)26(30)12-15-33(27,32)7/h23,26-30,36H,2,4,10-21H2,1,3,5-9H3;24-29,36-38H,1,3,8-21,35H2,2,4-7H3;24-29,35-38H,1,3,8-21H2,2,4-7H3/t23-,26-,27?,28-,29+,30+,31+,32-,33+,34+,35+;2*24-,25?,26+,27+,28-,29+,30-,31-,32+,33+,34+/m000/s1. The molecule has 15 fully saturated rings. The van der Waals surface area contributed by atoms with Crippen molar-refractivity contribution < 1.29 is 40.2 Å². The minimum atomic E-state index is -0.392. The molecule has 0 aromatic heterocycles. The van der Waals surface area contributed by atoms with Gasteiger partial charge in [0, 0.05) is 65.1 Å². The lowest BCUT2D eigenvalue weighted by Crippen LogP contribution is -2.67. The van der Waals surface area contributed by atoms with Gasteiger partial charge in [0.2, 0.25) is 0 Å². The van der Waals surface area contributed by atoms with Gasteiger partial charge in [0.25, 0.3) is 0 Å². The third-order valence-corrected chi connectivity index (χ3v) is 44.0. The number of fused-ring (bicyclic) bond motifs is 21. The van der Waals surface area contributed by atoms with Crippen LogP contribution in [0.4, 0.5) is 0 Å². The first-order valence-corrected chi connectivity index (χ1v) is 47.7. The van der Waals surface area contributed by atoms with Crippen LogP contribution in [0.2, 0.25) is 0 Å².